The first-order valence-electron chi connectivity index (χ1n) is 5.33. The maximum absolute atomic E-state index is 10.5. The van der Waals surface area contributed by atoms with Crippen LogP contribution in [0.15, 0.2) is 18.2 Å². The van der Waals surface area contributed by atoms with Crippen molar-refractivity contribution in [3.63, 3.8) is 0 Å². The Morgan fingerprint density at radius 1 is 1.47 bits per heavy atom. The average molecular weight is 258 g/mol. The van der Waals surface area contributed by atoms with Crippen molar-refractivity contribution < 1.29 is 4.92 Å². The van der Waals surface area contributed by atoms with E-state index in [0.29, 0.717) is 5.02 Å². The second-order valence-electron chi connectivity index (χ2n) is 4.00. The molecule has 17 heavy (non-hydrogen) atoms. The van der Waals surface area contributed by atoms with Crippen LogP contribution in [-0.4, -0.2) is 37.0 Å². The largest absolute Gasteiger partial charge is 0.384 e. The molecule has 1 aromatic carbocycles. The summed E-state index contributed by atoms with van der Waals surface area (Å²) >= 11 is 5.94. The molecule has 1 rings (SSSR count). The molecule has 0 spiro atoms. The van der Waals surface area contributed by atoms with Crippen molar-refractivity contribution in [2.24, 2.45) is 0 Å². The van der Waals surface area contributed by atoms with Crippen LogP contribution in [0.25, 0.3) is 0 Å². The lowest BCUT2D eigenvalue weighted by Crippen LogP contribution is -2.16. The highest BCUT2D eigenvalue weighted by Gasteiger charge is 2.08. The molecule has 1 N–H and O–H groups in total. The van der Waals surface area contributed by atoms with E-state index < -0.39 is 4.92 Å². The Kier molecular flexibility index (Phi) is 5.18. The molecular formula is C11H16ClN3O2. The fraction of sp³-hybridized carbons (Fsp3) is 0.455. The third-order valence-electron chi connectivity index (χ3n) is 2.26. The summed E-state index contributed by atoms with van der Waals surface area (Å²) in [5, 5.41) is 14.1. The third-order valence-corrected chi connectivity index (χ3v) is 2.57. The summed E-state index contributed by atoms with van der Waals surface area (Å²) in [5.41, 5.74) is 0.741. The Morgan fingerprint density at radius 3 is 2.71 bits per heavy atom. The molecule has 0 radical (unpaired) electrons. The first-order valence-corrected chi connectivity index (χ1v) is 5.71. The lowest BCUT2D eigenvalue weighted by Gasteiger charge is -2.11. The minimum Gasteiger partial charge on any atom is -0.384 e. The summed E-state index contributed by atoms with van der Waals surface area (Å²) in [4.78, 5) is 12.2. The molecule has 0 fully saturated rings. The average Bonchev–Trinajstić information content (AvgIpc) is 2.25. The van der Waals surface area contributed by atoms with Gasteiger partial charge < -0.3 is 10.2 Å². The van der Waals surface area contributed by atoms with Gasteiger partial charge in [0.05, 0.1) is 15.6 Å². The Morgan fingerprint density at radius 2 is 2.18 bits per heavy atom. The molecule has 0 aliphatic heterocycles. The minimum absolute atomic E-state index is 0.00819. The van der Waals surface area contributed by atoms with Crippen molar-refractivity contribution in [3.8, 4) is 0 Å². The number of nitrogens with one attached hydrogen (secondary N) is 1. The molecule has 0 aliphatic carbocycles. The molecular weight excluding hydrogens is 242 g/mol. The molecule has 0 aliphatic rings. The van der Waals surface area contributed by atoms with E-state index in [0.717, 1.165) is 25.2 Å². The van der Waals surface area contributed by atoms with Crippen molar-refractivity contribution in [1.29, 1.82) is 0 Å². The van der Waals surface area contributed by atoms with Crippen molar-refractivity contribution >= 4 is 23.0 Å². The number of halogens is 1. The summed E-state index contributed by atoms with van der Waals surface area (Å²) in [6.45, 7) is 1.77. The number of benzene rings is 1. The lowest BCUT2D eigenvalue weighted by atomic mass is 10.2. The predicted octanol–water partition coefficient (Wildman–Crippen LogP) is 2.61. The normalized spacial score (nSPS) is 10.6. The summed E-state index contributed by atoms with van der Waals surface area (Å²) in [6, 6.07) is 4.44. The van der Waals surface area contributed by atoms with E-state index in [4.69, 9.17) is 11.6 Å². The first-order chi connectivity index (χ1) is 8.00. The van der Waals surface area contributed by atoms with Gasteiger partial charge in [0.25, 0.3) is 5.69 Å². The van der Waals surface area contributed by atoms with Gasteiger partial charge in [0.2, 0.25) is 0 Å². The number of nitro groups is 1. The zero-order valence-electron chi connectivity index (χ0n) is 9.94. The minimum atomic E-state index is -0.457. The van der Waals surface area contributed by atoms with Crippen LogP contribution in [0.5, 0.6) is 0 Å². The predicted molar refractivity (Wildman–Crippen MR) is 69.8 cm³/mol. The van der Waals surface area contributed by atoms with E-state index >= 15 is 0 Å². The van der Waals surface area contributed by atoms with Gasteiger partial charge in [-0.15, -0.1) is 0 Å². The first kappa shape index (κ1) is 13.7. The summed E-state index contributed by atoms with van der Waals surface area (Å²) < 4.78 is 0. The van der Waals surface area contributed by atoms with E-state index in [9.17, 15) is 10.1 Å². The molecule has 0 saturated carbocycles. The van der Waals surface area contributed by atoms with E-state index in [2.05, 4.69) is 10.2 Å². The fourth-order valence-electron chi connectivity index (χ4n) is 1.38. The maximum atomic E-state index is 10.5. The van der Waals surface area contributed by atoms with Gasteiger partial charge in [-0.25, -0.2) is 0 Å². The van der Waals surface area contributed by atoms with Crippen molar-refractivity contribution in [2.75, 3.05) is 32.5 Å². The highest BCUT2D eigenvalue weighted by molar-refractivity contribution is 6.33. The highest BCUT2D eigenvalue weighted by atomic mass is 35.5. The Bertz CT molecular complexity index is 396. The van der Waals surface area contributed by atoms with E-state index in [1.165, 1.54) is 12.1 Å². The van der Waals surface area contributed by atoms with Crippen molar-refractivity contribution in [3.05, 3.63) is 33.3 Å². The standard InChI is InChI=1S/C11H16ClN3O2/c1-14(2)7-3-6-13-11-5-4-9(15(16)17)8-10(11)12/h4-5,8,13H,3,6-7H2,1-2H3. The third kappa shape index (κ3) is 4.58. The molecule has 0 saturated heterocycles. The van der Waals surface area contributed by atoms with Crippen molar-refractivity contribution in [1.82, 2.24) is 4.90 Å². The number of anilines is 1. The van der Waals surface area contributed by atoms with Gasteiger partial charge >= 0.3 is 0 Å². The van der Waals surface area contributed by atoms with Gasteiger partial charge in [0, 0.05) is 18.7 Å². The number of nitrogens with zero attached hydrogens (tertiary/aromatic N) is 2. The number of hydrogen-bond donors (Lipinski definition) is 1. The van der Waals surface area contributed by atoms with Crippen LogP contribution in [0.2, 0.25) is 5.02 Å². The second-order valence-corrected chi connectivity index (χ2v) is 4.41. The van der Waals surface area contributed by atoms with Crippen LogP contribution in [0.3, 0.4) is 0 Å². The van der Waals surface area contributed by atoms with Gasteiger partial charge in [-0.3, -0.25) is 10.1 Å². The molecule has 1 aromatic rings. The summed E-state index contributed by atoms with van der Waals surface area (Å²) in [6.07, 6.45) is 0.986. The van der Waals surface area contributed by atoms with Gasteiger partial charge in [-0.2, -0.15) is 0 Å². The monoisotopic (exact) mass is 257 g/mol. The molecule has 6 heteroatoms. The van der Waals surface area contributed by atoms with Crippen LogP contribution >= 0.6 is 11.6 Å². The topological polar surface area (TPSA) is 58.4 Å². The van der Waals surface area contributed by atoms with Crippen LogP contribution in [0.1, 0.15) is 6.42 Å². The van der Waals surface area contributed by atoms with Gasteiger partial charge in [0.1, 0.15) is 0 Å². The second kappa shape index (κ2) is 6.42. The van der Waals surface area contributed by atoms with Crippen LogP contribution in [-0.2, 0) is 0 Å². The number of nitro benzene ring substituents is 1. The summed E-state index contributed by atoms with van der Waals surface area (Å²) in [7, 11) is 4.03. The van der Waals surface area contributed by atoms with E-state index in [1.807, 2.05) is 14.1 Å². The molecule has 0 bridgehead atoms. The number of non-ortho nitro benzene ring substituents is 1. The molecule has 0 atom stereocenters. The van der Waals surface area contributed by atoms with Crippen LogP contribution in [0, 0.1) is 10.1 Å². The Labute approximate surface area is 106 Å². The zero-order chi connectivity index (χ0) is 12.8. The quantitative estimate of drug-likeness (QED) is 0.484. The molecule has 0 amide bonds. The lowest BCUT2D eigenvalue weighted by molar-refractivity contribution is -0.384. The van der Waals surface area contributed by atoms with E-state index in [-0.39, 0.29) is 5.69 Å². The molecule has 0 aromatic heterocycles. The molecule has 0 unspecified atom stereocenters. The van der Waals surface area contributed by atoms with Gasteiger partial charge in [0.15, 0.2) is 0 Å². The van der Waals surface area contributed by atoms with Crippen LogP contribution < -0.4 is 5.32 Å². The summed E-state index contributed by atoms with van der Waals surface area (Å²) in [5.74, 6) is 0. The number of hydrogen-bond acceptors (Lipinski definition) is 4. The smallest absolute Gasteiger partial charge is 0.271 e. The highest BCUT2D eigenvalue weighted by Crippen LogP contribution is 2.26. The van der Waals surface area contributed by atoms with E-state index in [1.54, 1.807) is 6.07 Å². The SMILES string of the molecule is CN(C)CCCNc1ccc([N+](=O)[O-])cc1Cl. The van der Waals surface area contributed by atoms with Gasteiger partial charge in [-0.05, 0) is 33.1 Å². The molecule has 5 nitrogen and oxygen atoms in total. The molecule has 0 heterocycles. The Hall–Kier alpha value is -1.33. The zero-order valence-corrected chi connectivity index (χ0v) is 10.7. The Balaban J connectivity index is 2.52. The molecule has 94 valence electrons. The van der Waals surface area contributed by atoms with Crippen LogP contribution in [0.4, 0.5) is 11.4 Å². The van der Waals surface area contributed by atoms with Gasteiger partial charge in [-0.1, -0.05) is 11.6 Å². The maximum Gasteiger partial charge on any atom is 0.271 e. The number of rotatable bonds is 6. The fourth-order valence-corrected chi connectivity index (χ4v) is 1.62. The van der Waals surface area contributed by atoms with Crippen molar-refractivity contribution in [2.45, 2.75) is 6.42 Å².